The summed E-state index contributed by atoms with van der Waals surface area (Å²) in [5.41, 5.74) is 0.393. The van der Waals surface area contributed by atoms with E-state index in [2.05, 4.69) is 20.2 Å². The van der Waals surface area contributed by atoms with E-state index in [1.165, 1.54) is 4.31 Å². The second-order valence-electron chi connectivity index (χ2n) is 5.95. The maximum Gasteiger partial charge on any atom is 0.248 e. The molecule has 0 spiro atoms. The number of sulfonamides is 1. The molecule has 0 amide bonds. The lowest BCUT2D eigenvalue weighted by atomic mass is 10.2. The van der Waals surface area contributed by atoms with Gasteiger partial charge < -0.3 is 9.05 Å². The first-order chi connectivity index (χ1) is 11.3. The predicted molar refractivity (Wildman–Crippen MR) is 83.8 cm³/mol. The van der Waals surface area contributed by atoms with Crippen molar-refractivity contribution < 1.29 is 17.5 Å². The van der Waals surface area contributed by atoms with Crippen LogP contribution in [0.5, 0.6) is 0 Å². The van der Waals surface area contributed by atoms with E-state index in [0.29, 0.717) is 49.3 Å². The number of rotatable bonds is 4. The minimum atomic E-state index is -3.59. The number of hydrogen-bond donors (Lipinski definition) is 0. The molecule has 1 atom stereocenters. The molecule has 3 rings (SSSR count). The highest BCUT2D eigenvalue weighted by molar-refractivity contribution is 7.89. The van der Waals surface area contributed by atoms with Crippen molar-refractivity contribution in [3.05, 3.63) is 23.2 Å². The molecule has 10 heteroatoms. The van der Waals surface area contributed by atoms with Crippen LogP contribution in [0.25, 0.3) is 0 Å². The van der Waals surface area contributed by atoms with E-state index in [-0.39, 0.29) is 10.9 Å². The summed E-state index contributed by atoms with van der Waals surface area (Å²) < 4.78 is 37.3. The van der Waals surface area contributed by atoms with Gasteiger partial charge in [-0.2, -0.15) is 9.29 Å². The van der Waals surface area contributed by atoms with Gasteiger partial charge in [-0.05, 0) is 27.7 Å². The first-order valence-corrected chi connectivity index (χ1v) is 9.22. The quantitative estimate of drug-likeness (QED) is 0.801. The van der Waals surface area contributed by atoms with Crippen LogP contribution in [-0.2, 0) is 10.0 Å². The standard InChI is InChI=1S/C14H21N5O4S/c1-9-13(11(3)22-16-9)24(20,21)19-7-5-18(6-8-19)10(2)14-15-12(4)17-23-14/h10H,5-8H2,1-4H3. The van der Waals surface area contributed by atoms with Gasteiger partial charge in [0.05, 0.1) is 6.04 Å². The van der Waals surface area contributed by atoms with Crippen LogP contribution in [-0.4, -0.2) is 59.1 Å². The van der Waals surface area contributed by atoms with Gasteiger partial charge in [0.1, 0.15) is 10.6 Å². The van der Waals surface area contributed by atoms with Gasteiger partial charge in [0.15, 0.2) is 11.6 Å². The fourth-order valence-corrected chi connectivity index (χ4v) is 4.66. The zero-order chi connectivity index (χ0) is 17.5. The highest BCUT2D eigenvalue weighted by Gasteiger charge is 2.35. The summed E-state index contributed by atoms with van der Waals surface area (Å²) in [4.78, 5) is 6.55. The highest BCUT2D eigenvalue weighted by atomic mass is 32.2. The van der Waals surface area contributed by atoms with E-state index < -0.39 is 10.0 Å². The number of aromatic nitrogens is 3. The van der Waals surface area contributed by atoms with Crippen LogP contribution in [0.1, 0.15) is 36.1 Å². The maximum absolute atomic E-state index is 12.8. The molecule has 132 valence electrons. The Labute approximate surface area is 140 Å². The molecular formula is C14H21N5O4S. The normalized spacial score (nSPS) is 18.8. The van der Waals surface area contributed by atoms with Crippen LogP contribution < -0.4 is 0 Å². The van der Waals surface area contributed by atoms with Gasteiger partial charge in [-0.15, -0.1) is 0 Å². The number of hydrogen-bond acceptors (Lipinski definition) is 8. The second kappa shape index (κ2) is 6.26. The van der Waals surface area contributed by atoms with Crippen LogP contribution >= 0.6 is 0 Å². The molecular weight excluding hydrogens is 334 g/mol. The van der Waals surface area contributed by atoms with Crippen molar-refractivity contribution in [3.63, 3.8) is 0 Å². The van der Waals surface area contributed by atoms with Gasteiger partial charge >= 0.3 is 0 Å². The fraction of sp³-hybridized carbons (Fsp3) is 0.643. The van der Waals surface area contributed by atoms with Gasteiger partial charge in [0.2, 0.25) is 15.9 Å². The van der Waals surface area contributed by atoms with Crippen LogP contribution in [0.15, 0.2) is 13.9 Å². The third kappa shape index (κ3) is 2.96. The van der Waals surface area contributed by atoms with E-state index in [4.69, 9.17) is 9.05 Å². The Morgan fingerprint density at radius 2 is 1.71 bits per heavy atom. The zero-order valence-corrected chi connectivity index (χ0v) is 15.0. The molecule has 2 aromatic rings. The lowest BCUT2D eigenvalue weighted by Crippen LogP contribution is -2.49. The topological polar surface area (TPSA) is 106 Å². The SMILES string of the molecule is Cc1noc(C(C)N2CCN(S(=O)(=O)c3c(C)noc3C)CC2)n1. The fourth-order valence-electron chi connectivity index (χ4n) is 2.94. The monoisotopic (exact) mass is 355 g/mol. The molecule has 3 heterocycles. The number of aryl methyl sites for hydroxylation is 3. The van der Waals surface area contributed by atoms with Crippen LogP contribution in [0.3, 0.4) is 0 Å². The molecule has 0 aromatic carbocycles. The zero-order valence-electron chi connectivity index (χ0n) is 14.2. The lowest BCUT2D eigenvalue weighted by molar-refractivity contribution is 0.124. The molecule has 1 saturated heterocycles. The average Bonchev–Trinajstić information content (AvgIpc) is 3.12. The molecule has 2 aromatic heterocycles. The van der Waals surface area contributed by atoms with Gasteiger partial charge in [0, 0.05) is 26.2 Å². The highest BCUT2D eigenvalue weighted by Crippen LogP contribution is 2.26. The van der Waals surface area contributed by atoms with E-state index >= 15 is 0 Å². The molecule has 1 aliphatic rings. The molecule has 0 saturated carbocycles. The van der Waals surface area contributed by atoms with Crippen LogP contribution in [0.4, 0.5) is 0 Å². The summed E-state index contributed by atoms with van der Waals surface area (Å²) in [5.74, 6) is 1.47. The van der Waals surface area contributed by atoms with Crippen molar-refractivity contribution in [2.24, 2.45) is 0 Å². The predicted octanol–water partition coefficient (Wildman–Crippen LogP) is 1.05. The lowest BCUT2D eigenvalue weighted by Gasteiger charge is -2.35. The van der Waals surface area contributed by atoms with Gasteiger partial charge in [-0.1, -0.05) is 10.3 Å². The smallest absolute Gasteiger partial charge is 0.248 e. The molecule has 1 fully saturated rings. The third-order valence-electron chi connectivity index (χ3n) is 4.29. The molecule has 24 heavy (non-hydrogen) atoms. The minimum absolute atomic E-state index is 0.0462. The molecule has 0 radical (unpaired) electrons. The Balaban J connectivity index is 1.71. The Kier molecular flexibility index (Phi) is 4.45. The van der Waals surface area contributed by atoms with Crippen LogP contribution in [0.2, 0.25) is 0 Å². The largest absolute Gasteiger partial charge is 0.360 e. The van der Waals surface area contributed by atoms with Crippen molar-refractivity contribution >= 4 is 10.0 Å². The second-order valence-corrected chi connectivity index (χ2v) is 7.82. The summed E-state index contributed by atoms with van der Waals surface area (Å²) in [6, 6.07) is -0.0462. The number of piperazine rings is 1. The van der Waals surface area contributed by atoms with Gasteiger partial charge in [0.25, 0.3) is 0 Å². The first kappa shape index (κ1) is 17.1. The Morgan fingerprint density at radius 3 is 2.21 bits per heavy atom. The first-order valence-electron chi connectivity index (χ1n) is 7.78. The van der Waals surface area contributed by atoms with E-state index in [1.807, 2.05) is 6.92 Å². The summed E-state index contributed by atoms with van der Waals surface area (Å²) in [6.45, 7) is 8.96. The maximum atomic E-state index is 12.8. The van der Waals surface area contributed by atoms with Crippen molar-refractivity contribution in [2.45, 2.75) is 38.6 Å². The minimum Gasteiger partial charge on any atom is -0.360 e. The van der Waals surface area contributed by atoms with Gasteiger partial charge in [-0.3, -0.25) is 4.90 Å². The van der Waals surface area contributed by atoms with Crippen molar-refractivity contribution in [3.8, 4) is 0 Å². The summed E-state index contributed by atoms with van der Waals surface area (Å²) >= 11 is 0. The summed E-state index contributed by atoms with van der Waals surface area (Å²) in [5, 5.41) is 7.55. The third-order valence-corrected chi connectivity index (χ3v) is 6.43. The van der Waals surface area contributed by atoms with Crippen LogP contribution in [0, 0.1) is 20.8 Å². The summed E-state index contributed by atoms with van der Waals surface area (Å²) in [6.07, 6.45) is 0. The molecule has 0 N–H and O–H groups in total. The molecule has 0 aliphatic carbocycles. The number of nitrogens with zero attached hydrogens (tertiary/aromatic N) is 5. The summed E-state index contributed by atoms with van der Waals surface area (Å²) in [7, 11) is -3.59. The molecule has 9 nitrogen and oxygen atoms in total. The van der Waals surface area contributed by atoms with Crippen molar-refractivity contribution in [1.82, 2.24) is 24.5 Å². The molecule has 1 unspecified atom stereocenters. The average molecular weight is 355 g/mol. The van der Waals surface area contributed by atoms with Gasteiger partial charge in [-0.25, -0.2) is 8.42 Å². The van der Waals surface area contributed by atoms with E-state index in [0.717, 1.165) is 0 Å². The van der Waals surface area contributed by atoms with E-state index in [1.54, 1.807) is 20.8 Å². The Bertz CT molecular complexity index is 801. The van der Waals surface area contributed by atoms with Crippen molar-refractivity contribution in [1.29, 1.82) is 0 Å². The molecule has 1 aliphatic heterocycles. The van der Waals surface area contributed by atoms with Crippen molar-refractivity contribution in [2.75, 3.05) is 26.2 Å². The molecule has 0 bridgehead atoms. The Hall–Kier alpha value is -1.78. The Morgan fingerprint density at radius 1 is 1.04 bits per heavy atom. The van der Waals surface area contributed by atoms with E-state index in [9.17, 15) is 8.42 Å².